The summed E-state index contributed by atoms with van der Waals surface area (Å²) in [6, 6.07) is 6.39. The fraction of sp³-hybridized carbons (Fsp3) is 0.375. The zero-order valence-electron chi connectivity index (χ0n) is 12.9. The molecular formula is C16H18F2N2O3. The van der Waals surface area contributed by atoms with Crippen LogP contribution in [0.3, 0.4) is 0 Å². The van der Waals surface area contributed by atoms with Crippen LogP contribution in [0.4, 0.5) is 8.78 Å². The lowest BCUT2D eigenvalue weighted by Crippen LogP contribution is -2.25. The first-order valence-electron chi connectivity index (χ1n) is 7.03. The monoisotopic (exact) mass is 324 g/mol. The molecule has 1 aromatic rings. The Morgan fingerprint density at radius 2 is 2.17 bits per heavy atom. The lowest BCUT2D eigenvalue weighted by Gasteiger charge is -2.11. The predicted octanol–water partition coefficient (Wildman–Crippen LogP) is 2.98. The van der Waals surface area contributed by atoms with E-state index in [2.05, 4.69) is 10.1 Å². The third kappa shape index (κ3) is 6.78. The Hall–Kier alpha value is -2.62. The molecule has 0 aromatic heterocycles. The average molecular weight is 324 g/mol. The fourth-order valence-corrected chi connectivity index (χ4v) is 1.62. The molecule has 0 heterocycles. The first-order valence-corrected chi connectivity index (χ1v) is 7.03. The molecule has 23 heavy (non-hydrogen) atoms. The summed E-state index contributed by atoms with van der Waals surface area (Å²) in [5.41, 5.74) is 0.596. The van der Waals surface area contributed by atoms with Crippen molar-refractivity contribution in [3.63, 3.8) is 0 Å². The minimum atomic E-state index is -2.94. The van der Waals surface area contributed by atoms with Crippen LogP contribution in [-0.4, -0.2) is 25.7 Å². The molecule has 0 aliphatic carbocycles. The lowest BCUT2D eigenvalue weighted by molar-refractivity contribution is -0.116. The number of hydrogen-bond acceptors (Lipinski definition) is 4. The molecule has 0 radical (unpaired) electrons. The highest BCUT2D eigenvalue weighted by Gasteiger charge is 2.11. The molecule has 1 N–H and O–H groups in total. The molecule has 0 aliphatic rings. The minimum absolute atomic E-state index is 0.0636. The van der Waals surface area contributed by atoms with Crippen LogP contribution in [0.1, 0.15) is 19.4 Å². The molecule has 1 aromatic carbocycles. The van der Waals surface area contributed by atoms with E-state index in [-0.39, 0.29) is 29.9 Å². The molecule has 124 valence electrons. The van der Waals surface area contributed by atoms with Crippen molar-refractivity contribution in [3.8, 4) is 17.6 Å². The second-order valence-corrected chi connectivity index (χ2v) is 4.63. The zero-order chi connectivity index (χ0) is 17.2. The summed E-state index contributed by atoms with van der Waals surface area (Å²) < 4.78 is 34.2. The SMILES string of the molecule is CCOc1cc(C=CC(=O)NCC(C)C#N)ccc1OC(F)F. The van der Waals surface area contributed by atoms with E-state index in [1.54, 1.807) is 13.8 Å². The Kier molecular flexibility index (Phi) is 7.54. The van der Waals surface area contributed by atoms with Crippen LogP contribution in [0.25, 0.3) is 6.08 Å². The Balaban J connectivity index is 2.76. The van der Waals surface area contributed by atoms with Gasteiger partial charge < -0.3 is 14.8 Å². The third-order valence-corrected chi connectivity index (χ3v) is 2.71. The van der Waals surface area contributed by atoms with E-state index in [0.717, 1.165) is 0 Å². The van der Waals surface area contributed by atoms with E-state index in [1.807, 2.05) is 6.07 Å². The maximum Gasteiger partial charge on any atom is 0.387 e. The maximum atomic E-state index is 12.3. The van der Waals surface area contributed by atoms with Crippen molar-refractivity contribution in [2.24, 2.45) is 5.92 Å². The van der Waals surface area contributed by atoms with Gasteiger partial charge in [-0.2, -0.15) is 14.0 Å². The van der Waals surface area contributed by atoms with Crippen molar-refractivity contribution in [1.29, 1.82) is 5.26 Å². The van der Waals surface area contributed by atoms with Crippen molar-refractivity contribution < 1.29 is 23.0 Å². The molecule has 0 spiro atoms. The van der Waals surface area contributed by atoms with Crippen LogP contribution < -0.4 is 14.8 Å². The van der Waals surface area contributed by atoms with E-state index in [9.17, 15) is 13.6 Å². The molecule has 7 heteroatoms. The largest absolute Gasteiger partial charge is 0.490 e. The minimum Gasteiger partial charge on any atom is -0.490 e. The van der Waals surface area contributed by atoms with E-state index in [1.165, 1.54) is 30.4 Å². The summed E-state index contributed by atoms with van der Waals surface area (Å²) in [7, 11) is 0. The van der Waals surface area contributed by atoms with Gasteiger partial charge >= 0.3 is 6.61 Å². The van der Waals surface area contributed by atoms with E-state index < -0.39 is 6.61 Å². The Morgan fingerprint density at radius 1 is 1.43 bits per heavy atom. The predicted molar refractivity (Wildman–Crippen MR) is 81.1 cm³/mol. The first kappa shape index (κ1) is 18.4. The first-order chi connectivity index (χ1) is 11.0. The number of benzene rings is 1. The number of alkyl halides is 2. The van der Waals surface area contributed by atoms with E-state index in [4.69, 9.17) is 10.00 Å². The smallest absolute Gasteiger partial charge is 0.387 e. The summed E-state index contributed by atoms with van der Waals surface area (Å²) in [4.78, 5) is 11.6. The standard InChI is InChI=1S/C16H18F2N2O3/c1-3-22-14-8-12(4-6-13(14)23-16(17)18)5-7-15(21)20-10-11(2)9-19/h4-8,11,16H,3,10H2,1-2H3,(H,20,21). The lowest BCUT2D eigenvalue weighted by atomic mass is 10.2. The van der Waals surface area contributed by atoms with Crippen molar-refractivity contribution >= 4 is 12.0 Å². The Bertz CT molecular complexity index is 597. The van der Waals surface area contributed by atoms with Gasteiger partial charge in [-0.3, -0.25) is 4.79 Å². The second-order valence-electron chi connectivity index (χ2n) is 4.63. The van der Waals surface area contributed by atoms with Gasteiger partial charge in [0, 0.05) is 12.6 Å². The second kappa shape index (κ2) is 9.41. The third-order valence-electron chi connectivity index (χ3n) is 2.71. The number of ether oxygens (including phenoxy) is 2. The number of nitrogens with zero attached hydrogens (tertiary/aromatic N) is 1. The van der Waals surface area contributed by atoms with Gasteiger partial charge in [0.1, 0.15) is 0 Å². The van der Waals surface area contributed by atoms with Gasteiger partial charge in [-0.05, 0) is 37.6 Å². The fourth-order valence-electron chi connectivity index (χ4n) is 1.62. The van der Waals surface area contributed by atoms with Gasteiger partial charge in [0.15, 0.2) is 11.5 Å². The van der Waals surface area contributed by atoms with E-state index in [0.29, 0.717) is 12.2 Å². The number of carbonyl (C=O) groups excluding carboxylic acids is 1. The molecule has 0 saturated heterocycles. The van der Waals surface area contributed by atoms with Crippen LogP contribution in [0.2, 0.25) is 0 Å². The number of nitriles is 1. The van der Waals surface area contributed by atoms with Gasteiger partial charge in [-0.1, -0.05) is 6.07 Å². The van der Waals surface area contributed by atoms with Crippen molar-refractivity contribution in [3.05, 3.63) is 29.8 Å². The maximum absolute atomic E-state index is 12.3. The molecule has 1 atom stereocenters. The molecule has 0 aliphatic heterocycles. The average Bonchev–Trinajstić information content (AvgIpc) is 2.52. The van der Waals surface area contributed by atoms with E-state index >= 15 is 0 Å². The molecule has 0 bridgehead atoms. The number of nitrogens with one attached hydrogen (secondary N) is 1. The summed E-state index contributed by atoms with van der Waals surface area (Å²) in [6.45, 7) is 1.02. The number of halogens is 2. The van der Waals surface area contributed by atoms with Crippen LogP contribution in [0, 0.1) is 17.2 Å². The zero-order valence-corrected chi connectivity index (χ0v) is 12.9. The van der Waals surface area contributed by atoms with Gasteiger partial charge in [-0.25, -0.2) is 0 Å². The Labute approximate surface area is 133 Å². The molecule has 0 saturated carbocycles. The number of carbonyl (C=O) groups is 1. The van der Waals surface area contributed by atoms with Crippen LogP contribution in [-0.2, 0) is 4.79 Å². The van der Waals surface area contributed by atoms with Gasteiger partial charge in [0.2, 0.25) is 5.91 Å². The summed E-state index contributed by atoms with van der Waals surface area (Å²) >= 11 is 0. The highest BCUT2D eigenvalue weighted by molar-refractivity contribution is 5.91. The van der Waals surface area contributed by atoms with Crippen molar-refractivity contribution in [2.75, 3.05) is 13.2 Å². The highest BCUT2D eigenvalue weighted by Crippen LogP contribution is 2.30. The van der Waals surface area contributed by atoms with Crippen LogP contribution in [0.15, 0.2) is 24.3 Å². The highest BCUT2D eigenvalue weighted by atomic mass is 19.3. The summed E-state index contributed by atoms with van der Waals surface area (Å²) in [5.74, 6) is -0.514. The van der Waals surface area contributed by atoms with Crippen molar-refractivity contribution in [1.82, 2.24) is 5.32 Å². The summed E-state index contributed by atoms with van der Waals surface area (Å²) in [6.07, 6.45) is 2.81. The molecule has 5 nitrogen and oxygen atoms in total. The molecule has 1 rings (SSSR count). The van der Waals surface area contributed by atoms with Crippen molar-refractivity contribution in [2.45, 2.75) is 20.5 Å². The molecule has 1 unspecified atom stereocenters. The van der Waals surface area contributed by atoms with Gasteiger partial charge in [0.25, 0.3) is 0 Å². The topological polar surface area (TPSA) is 71.3 Å². The number of rotatable bonds is 8. The van der Waals surface area contributed by atoms with Gasteiger partial charge in [0.05, 0.1) is 18.6 Å². The quantitative estimate of drug-likeness (QED) is 0.746. The normalized spacial score (nSPS) is 12.0. The summed E-state index contributed by atoms with van der Waals surface area (Å²) in [5, 5.41) is 11.2. The molecule has 0 fully saturated rings. The molecular weight excluding hydrogens is 306 g/mol. The van der Waals surface area contributed by atoms with Crippen LogP contribution in [0.5, 0.6) is 11.5 Å². The number of amides is 1. The molecule has 1 amide bonds. The van der Waals surface area contributed by atoms with Crippen LogP contribution >= 0.6 is 0 Å². The number of hydrogen-bond donors (Lipinski definition) is 1. The Morgan fingerprint density at radius 3 is 2.78 bits per heavy atom. The van der Waals surface area contributed by atoms with Gasteiger partial charge in [-0.15, -0.1) is 0 Å².